The molecule has 4 heterocycles. The molecule has 0 amide bonds. The number of aliphatic hydroxyl groups excluding tert-OH is 1. The van der Waals surface area contributed by atoms with Gasteiger partial charge in [-0.15, -0.1) is 0 Å². The summed E-state index contributed by atoms with van der Waals surface area (Å²) in [5, 5.41) is 14.6. The van der Waals surface area contributed by atoms with Gasteiger partial charge >= 0.3 is 0 Å². The van der Waals surface area contributed by atoms with Crippen LogP contribution in [0.5, 0.6) is 0 Å². The molecule has 2 saturated heterocycles. The maximum absolute atomic E-state index is 9.89. The topological polar surface area (TPSA) is 85.5 Å². The van der Waals surface area contributed by atoms with Gasteiger partial charge in [-0.05, 0) is 19.1 Å². The van der Waals surface area contributed by atoms with Gasteiger partial charge in [-0.1, -0.05) is 23.8 Å². The minimum absolute atomic E-state index is 0.310. The number of benzene rings is 1. The van der Waals surface area contributed by atoms with Crippen LogP contribution in [0.15, 0.2) is 42.6 Å². The van der Waals surface area contributed by atoms with Gasteiger partial charge in [-0.25, -0.2) is 14.6 Å². The summed E-state index contributed by atoms with van der Waals surface area (Å²) in [7, 11) is 0. The molecule has 30 heavy (non-hydrogen) atoms. The molecule has 8 heteroatoms. The summed E-state index contributed by atoms with van der Waals surface area (Å²) in [4.78, 5) is 11.7. The molecule has 2 aliphatic heterocycles. The molecule has 1 N–H and O–H groups in total. The van der Waals surface area contributed by atoms with Crippen molar-refractivity contribution in [3.63, 3.8) is 0 Å². The first-order valence-corrected chi connectivity index (χ1v) is 10.3. The number of aromatic nitrogens is 4. The standard InChI is InChI=1S/C22H25N5O3/c1-15-3-2-4-16(11-15)18-5-6-27(25-18)21-13-20(26-7-9-29-10-8-26)23-22(24-21)19-12-17(28)14-30-19/h2-6,11,13,17,19,28H,7-10,12,14H2,1H3/t17-,19+/m0/s1. The van der Waals surface area contributed by atoms with Gasteiger partial charge in [0.15, 0.2) is 11.6 Å². The summed E-state index contributed by atoms with van der Waals surface area (Å²) in [5.41, 5.74) is 3.15. The van der Waals surface area contributed by atoms with E-state index < -0.39 is 6.10 Å². The van der Waals surface area contributed by atoms with Crippen LogP contribution in [0, 0.1) is 6.92 Å². The van der Waals surface area contributed by atoms with Crippen molar-refractivity contribution in [2.75, 3.05) is 37.8 Å². The molecule has 0 unspecified atom stereocenters. The lowest BCUT2D eigenvalue weighted by Crippen LogP contribution is -2.37. The average Bonchev–Trinajstić information content (AvgIpc) is 3.44. The Balaban J connectivity index is 1.52. The summed E-state index contributed by atoms with van der Waals surface area (Å²) in [5.74, 6) is 2.10. The van der Waals surface area contributed by atoms with Gasteiger partial charge in [0.05, 0.1) is 31.6 Å². The number of ether oxygens (including phenoxy) is 2. The van der Waals surface area contributed by atoms with Crippen LogP contribution < -0.4 is 4.90 Å². The first-order valence-electron chi connectivity index (χ1n) is 10.3. The van der Waals surface area contributed by atoms with E-state index in [9.17, 15) is 5.11 Å². The lowest BCUT2D eigenvalue weighted by molar-refractivity contribution is 0.0844. The normalized spacial score (nSPS) is 21.9. The van der Waals surface area contributed by atoms with Gasteiger partial charge in [-0.3, -0.25) is 0 Å². The van der Waals surface area contributed by atoms with Gasteiger partial charge in [-0.2, -0.15) is 5.10 Å². The van der Waals surface area contributed by atoms with Gasteiger partial charge in [0, 0.05) is 37.3 Å². The molecule has 2 fully saturated rings. The van der Waals surface area contributed by atoms with E-state index in [1.807, 2.05) is 24.4 Å². The van der Waals surface area contributed by atoms with Crippen LogP contribution in [0.2, 0.25) is 0 Å². The van der Waals surface area contributed by atoms with Crippen molar-refractivity contribution in [1.82, 2.24) is 19.7 Å². The number of aryl methyl sites for hydroxylation is 1. The second kappa shape index (κ2) is 8.14. The van der Waals surface area contributed by atoms with Crippen molar-refractivity contribution in [3.8, 4) is 17.1 Å². The maximum Gasteiger partial charge on any atom is 0.162 e. The van der Waals surface area contributed by atoms with Gasteiger partial charge in [0.1, 0.15) is 11.9 Å². The summed E-state index contributed by atoms with van der Waals surface area (Å²) < 4.78 is 13.0. The number of nitrogens with zero attached hydrogens (tertiary/aromatic N) is 5. The van der Waals surface area contributed by atoms with E-state index in [1.165, 1.54) is 5.56 Å². The summed E-state index contributed by atoms with van der Waals surface area (Å²) >= 11 is 0. The highest BCUT2D eigenvalue weighted by Crippen LogP contribution is 2.29. The van der Waals surface area contributed by atoms with Gasteiger partial charge in [0.25, 0.3) is 0 Å². The molecule has 1 aromatic carbocycles. The Morgan fingerprint density at radius 1 is 1.07 bits per heavy atom. The van der Waals surface area contributed by atoms with Crippen molar-refractivity contribution in [2.24, 2.45) is 0 Å². The van der Waals surface area contributed by atoms with Gasteiger partial charge in [0.2, 0.25) is 0 Å². The van der Waals surface area contributed by atoms with E-state index in [-0.39, 0.29) is 6.10 Å². The van der Waals surface area contributed by atoms with Gasteiger partial charge < -0.3 is 19.5 Å². The molecule has 0 radical (unpaired) electrons. The summed E-state index contributed by atoms with van der Waals surface area (Å²) in [6.45, 7) is 5.28. The van der Waals surface area contributed by atoms with Crippen molar-refractivity contribution < 1.29 is 14.6 Å². The third kappa shape index (κ3) is 3.94. The zero-order valence-electron chi connectivity index (χ0n) is 16.9. The fourth-order valence-electron chi connectivity index (χ4n) is 3.86. The monoisotopic (exact) mass is 407 g/mol. The van der Waals surface area contributed by atoms with E-state index in [0.717, 1.165) is 30.2 Å². The Morgan fingerprint density at radius 3 is 2.67 bits per heavy atom. The largest absolute Gasteiger partial charge is 0.391 e. The Morgan fingerprint density at radius 2 is 1.90 bits per heavy atom. The van der Waals surface area contributed by atoms with Crippen LogP contribution in [0.25, 0.3) is 17.1 Å². The predicted molar refractivity (Wildman–Crippen MR) is 112 cm³/mol. The van der Waals surface area contributed by atoms with Crippen LogP contribution in [-0.2, 0) is 9.47 Å². The molecule has 0 saturated carbocycles. The summed E-state index contributed by atoms with van der Waals surface area (Å²) in [6.07, 6.45) is 1.62. The Labute approximate surface area is 175 Å². The van der Waals surface area contributed by atoms with Crippen molar-refractivity contribution in [1.29, 1.82) is 0 Å². The molecule has 3 aromatic rings. The molecule has 5 rings (SSSR count). The molecule has 0 bridgehead atoms. The molecule has 2 atom stereocenters. The first kappa shape index (κ1) is 19.2. The predicted octanol–water partition coefficient (Wildman–Crippen LogP) is 2.30. The molecule has 2 aliphatic rings. The Kier molecular flexibility index (Phi) is 5.20. The van der Waals surface area contributed by atoms with E-state index in [1.54, 1.807) is 4.68 Å². The van der Waals surface area contributed by atoms with E-state index in [2.05, 4.69) is 30.0 Å². The molecule has 156 valence electrons. The van der Waals surface area contributed by atoms with Crippen molar-refractivity contribution >= 4 is 5.82 Å². The maximum atomic E-state index is 9.89. The molecule has 2 aromatic heterocycles. The Hall–Kier alpha value is -2.81. The third-order valence-corrected chi connectivity index (χ3v) is 5.45. The van der Waals surface area contributed by atoms with E-state index in [0.29, 0.717) is 37.9 Å². The third-order valence-electron chi connectivity index (χ3n) is 5.45. The SMILES string of the molecule is Cc1cccc(-c2ccn(-c3cc(N4CCOCC4)nc([C@H]4C[C@H](O)CO4)n3)n2)c1. The lowest BCUT2D eigenvalue weighted by atomic mass is 10.1. The number of anilines is 1. The molecule has 0 spiro atoms. The van der Waals surface area contributed by atoms with Crippen LogP contribution in [0.1, 0.15) is 23.9 Å². The number of morpholine rings is 1. The van der Waals surface area contributed by atoms with Crippen molar-refractivity contribution in [2.45, 2.75) is 25.6 Å². The van der Waals surface area contributed by atoms with Crippen LogP contribution in [0.3, 0.4) is 0 Å². The van der Waals surface area contributed by atoms with Crippen LogP contribution >= 0.6 is 0 Å². The van der Waals surface area contributed by atoms with E-state index in [4.69, 9.17) is 24.5 Å². The molecular formula is C22H25N5O3. The highest BCUT2D eigenvalue weighted by molar-refractivity contribution is 5.60. The number of hydrogen-bond acceptors (Lipinski definition) is 7. The number of hydrogen-bond donors (Lipinski definition) is 1. The fourth-order valence-corrected chi connectivity index (χ4v) is 3.86. The zero-order valence-corrected chi connectivity index (χ0v) is 16.9. The van der Waals surface area contributed by atoms with Crippen LogP contribution in [0.4, 0.5) is 5.82 Å². The smallest absolute Gasteiger partial charge is 0.162 e. The molecule has 8 nitrogen and oxygen atoms in total. The van der Waals surface area contributed by atoms with Crippen LogP contribution in [-0.4, -0.2) is 63.9 Å². The van der Waals surface area contributed by atoms with Crippen molar-refractivity contribution in [3.05, 3.63) is 54.0 Å². The number of rotatable bonds is 4. The highest BCUT2D eigenvalue weighted by Gasteiger charge is 2.29. The quantitative estimate of drug-likeness (QED) is 0.710. The lowest BCUT2D eigenvalue weighted by Gasteiger charge is -2.28. The van der Waals surface area contributed by atoms with E-state index >= 15 is 0 Å². The second-order valence-corrected chi connectivity index (χ2v) is 7.77. The molecule has 0 aliphatic carbocycles. The summed E-state index contributed by atoms with van der Waals surface area (Å²) in [6, 6.07) is 12.2. The number of aliphatic hydroxyl groups is 1. The second-order valence-electron chi connectivity index (χ2n) is 7.77. The highest BCUT2D eigenvalue weighted by atomic mass is 16.5. The fraction of sp³-hybridized carbons (Fsp3) is 0.409. The Bertz CT molecular complexity index is 1010. The zero-order chi connectivity index (χ0) is 20.5. The average molecular weight is 407 g/mol. The minimum Gasteiger partial charge on any atom is -0.391 e. The molecular weight excluding hydrogens is 382 g/mol. The first-order chi connectivity index (χ1) is 14.7. The minimum atomic E-state index is -0.480.